The molecule has 0 unspecified atom stereocenters. The lowest BCUT2D eigenvalue weighted by atomic mass is 10.1. The first-order chi connectivity index (χ1) is 10.8. The number of carbonyl (C=O) groups excluding carboxylic acids is 2. The molecule has 3 heterocycles. The highest BCUT2D eigenvalue weighted by Crippen LogP contribution is 2.18. The van der Waals surface area contributed by atoms with Gasteiger partial charge < -0.3 is 5.32 Å². The van der Waals surface area contributed by atoms with E-state index in [0.717, 1.165) is 24.2 Å². The van der Waals surface area contributed by atoms with Gasteiger partial charge in [-0.1, -0.05) is 0 Å². The number of imide groups is 1. The number of aryl methyl sites for hydroxylation is 1. The van der Waals surface area contributed by atoms with Crippen LogP contribution in [-0.4, -0.2) is 56.7 Å². The van der Waals surface area contributed by atoms with E-state index in [1.54, 1.807) is 27.0 Å². The first-order valence-electron chi connectivity index (χ1n) is 7.70. The number of urea groups is 1. The number of nitrogens with one attached hydrogen (secondary N) is 1. The molecular formula is C15H21N5O3. The van der Waals surface area contributed by atoms with E-state index >= 15 is 0 Å². The summed E-state index contributed by atoms with van der Waals surface area (Å²) >= 11 is 0. The van der Waals surface area contributed by atoms with Crippen LogP contribution in [-0.2, 0) is 24.8 Å². The Morgan fingerprint density at radius 3 is 2.65 bits per heavy atom. The number of amides is 3. The van der Waals surface area contributed by atoms with Crippen LogP contribution < -0.4 is 10.9 Å². The Bertz CT molecular complexity index is 724. The number of aromatic nitrogens is 2. The van der Waals surface area contributed by atoms with Gasteiger partial charge in [0, 0.05) is 45.7 Å². The van der Waals surface area contributed by atoms with E-state index in [-0.39, 0.29) is 17.5 Å². The number of rotatable bonds is 3. The van der Waals surface area contributed by atoms with Crippen molar-refractivity contribution in [3.8, 4) is 0 Å². The second-order valence-corrected chi connectivity index (χ2v) is 6.62. The number of carbonyl (C=O) groups is 2. The van der Waals surface area contributed by atoms with E-state index in [1.807, 2.05) is 0 Å². The summed E-state index contributed by atoms with van der Waals surface area (Å²) in [6, 6.07) is 1.28. The maximum Gasteiger partial charge on any atom is 0.325 e. The third kappa shape index (κ3) is 2.86. The summed E-state index contributed by atoms with van der Waals surface area (Å²) in [6.07, 6.45) is 0.759. The van der Waals surface area contributed by atoms with Gasteiger partial charge in [0.15, 0.2) is 0 Å². The van der Waals surface area contributed by atoms with Crippen molar-refractivity contribution in [2.24, 2.45) is 7.05 Å². The van der Waals surface area contributed by atoms with E-state index in [4.69, 9.17) is 0 Å². The van der Waals surface area contributed by atoms with Crippen molar-refractivity contribution >= 4 is 11.9 Å². The van der Waals surface area contributed by atoms with Crippen LogP contribution in [0.15, 0.2) is 10.9 Å². The Kier molecular flexibility index (Phi) is 3.71. The Morgan fingerprint density at radius 2 is 2.00 bits per heavy atom. The smallest absolute Gasteiger partial charge is 0.324 e. The molecule has 1 N–H and O–H groups in total. The van der Waals surface area contributed by atoms with Gasteiger partial charge in [-0.05, 0) is 19.4 Å². The van der Waals surface area contributed by atoms with Crippen LogP contribution in [0.2, 0.25) is 0 Å². The van der Waals surface area contributed by atoms with Crippen LogP contribution in [0.1, 0.15) is 25.1 Å². The van der Waals surface area contributed by atoms with Gasteiger partial charge in [0.2, 0.25) is 0 Å². The Morgan fingerprint density at radius 1 is 1.26 bits per heavy atom. The second kappa shape index (κ2) is 5.45. The zero-order valence-corrected chi connectivity index (χ0v) is 13.6. The number of hydrogen-bond acceptors (Lipinski definition) is 5. The molecule has 0 aliphatic carbocycles. The van der Waals surface area contributed by atoms with Crippen molar-refractivity contribution < 1.29 is 9.59 Å². The summed E-state index contributed by atoms with van der Waals surface area (Å²) < 4.78 is 1.35. The fraction of sp³-hybridized carbons (Fsp3) is 0.600. The first-order valence-corrected chi connectivity index (χ1v) is 7.70. The summed E-state index contributed by atoms with van der Waals surface area (Å²) in [7, 11) is 1.65. The van der Waals surface area contributed by atoms with E-state index < -0.39 is 5.54 Å². The molecule has 0 spiro atoms. The molecule has 1 aromatic heterocycles. The highest BCUT2D eigenvalue weighted by molar-refractivity contribution is 6.06. The second-order valence-electron chi connectivity index (χ2n) is 6.62. The first kappa shape index (κ1) is 15.7. The lowest BCUT2D eigenvalue weighted by Crippen LogP contribution is -2.43. The molecule has 1 fully saturated rings. The summed E-state index contributed by atoms with van der Waals surface area (Å²) in [4.78, 5) is 39.1. The lowest BCUT2D eigenvalue weighted by Gasteiger charge is -2.29. The molecule has 0 aromatic carbocycles. The van der Waals surface area contributed by atoms with Gasteiger partial charge in [0.05, 0.1) is 5.69 Å². The molecule has 2 aliphatic heterocycles. The SMILES string of the molecule is Cn1nc2c(cc1=O)CN(CCN1C(=O)NC(C)(C)C1=O)CC2. The molecule has 124 valence electrons. The quantitative estimate of drug-likeness (QED) is 0.757. The molecule has 3 amide bonds. The highest BCUT2D eigenvalue weighted by atomic mass is 16.2. The molecule has 8 nitrogen and oxygen atoms in total. The summed E-state index contributed by atoms with van der Waals surface area (Å²) in [6.45, 7) is 5.75. The van der Waals surface area contributed by atoms with E-state index in [9.17, 15) is 14.4 Å². The van der Waals surface area contributed by atoms with Crippen molar-refractivity contribution in [2.45, 2.75) is 32.4 Å². The zero-order chi connectivity index (χ0) is 16.8. The molecule has 1 saturated heterocycles. The molecule has 23 heavy (non-hydrogen) atoms. The molecular weight excluding hydrogens is 298 g/mol. The average Bonchev–Trinajstić information content (AvgIpc) is 2.67. The van der Waals surface area contributed by atoms with Gasteiger partial charge in [-0.25, -0.2) is 9.48 Å². The largest absolute Gasteiger partial charge is 0.325 e. The van der Waals surface area contributed by atoms with Crippen LogP contribution in [0.25, 0.3) is 0 Å². The monoisotopic (exact) mass is 319 g/mol. The van der Waals surface area contributed by atoms with Crippen molar-refractivity contribution in [1.29, 1.82) is 0 Å². The predicted molar refractivity (Wildman–Crippen MR) is 82.8 cm³/mol. The van der Waals surface area contributed by atoms with Gasteiger partial charge in [-0.2, -0.15) is 5.10 Å². The molecule has 0 radical (unpaired) electrons. The Hall–Kier alpha value is -2.22. The summed E-state index contributed by atoms with van der Waals surface area (Å²) in [5.74, 6) is -0.199. The maximum atomic E-state index is 12.2. The molecule has 0 atom stereocenters. The van der Waals surface area contributed by atoms with Crippen molar-refractivity contribution in [1.82, 2.24) is 24.9 Å². The van der Waals surface area contributed by atoms with Gasteiger partial charge in [0.1, 0.15) is 5.54 Å². The van der Waals surface area contributed by atoms with Crippen LogP contribution in [0, 0.1) is 0 Å². The third-order valence-corrected chi connectivity index (χ3v) is 4.40. The highest BCUT2D eigenvalue weighted by Gasteiger charge is 2.44. The fourth-order valence-corrected chi connectivity index (χ4v) is 3.01. The lowest BCUT2D eigenvalue weighted by molar-refractivity contribution is -0.130. The molecule has 3 rings (SSSR count). The van der Waals surface area contributed by atoms with Crippen LogP contribution >= 0.6 is 0 Å². The summed E-state index contributed by atoms with van der Waals surface area (Å²) in [5.41, 5.74) is 0.916. The Balaban J connectivity index is 1.64. The van der Waals surface area contributed by atoms with Crippen molar-refractivity contribution in [3.63, 3.8) is 0 Å². The van der Waals surface area contributed by atoms with Crippen LogP contribution in [0.5, 0.6) is 0 Å². The predicted octanol–water partition coefficient (Wildman–Crippen LogP) is -0.531. The van der Waals surface area contributed by atoms with Crippen molar-refractivity contribution in [3.05, 3.63) is 27.7 Å². The topological polar surface area (TPSA) is 87.5 Å². The van der Waals surface area contributed by atoms with E-state index in [1.165, 1.54) is 9.58 Å². The molecule has 0 bridgehead atoms. The minimum absolute atomic E-state index is 0.124. The van der Waals surface area contributed by atoms with Crippen LogP contribution in [0.4, 0.5) is 4.79 Å². The average molecular weight is 319 g/mol. The molecule has 0 saturated carbocycles. The van der Waals surface area contributed by atoms with Gasteiger partial charge in [-0.15, -0.1) is 0 Å². The standard InChI is InChI=1S/C15H21N5O3/c1-15(2)13(22)20(14(23)16-15)7-6-19-5-4-11-10(9-19)8-12(21)18(3)17-11/h8H,4-7,9H2,1-3H3,(H,16,23). The van der Waals surface area contributed by atoms with Crippen LogP contribution in [0.3, 0.4) is 0 Å². The maximum absolute atomic E-state index is 12.2. The number of nitrogens with zero attached hydrogens (tertiary/aromatic N) is 4. The van der Waals surface area contributed by atoms with Crippen molar-refractivity contribution in [2.75, 3.05) is 19.6 Å². The van der Waals surface area contributed by atoms with E-state index in [2.05, 4.69) is 15.3 Å². The minimum atomic E-state index is -0.832. The number of fused-ring (bicyclic) bond motifs is 1. The van der Waals surface area contributed by atoms with Gasteiger partial charge in [-0.3, -0.25) is 19.4 Å². The zero-order valence-electron chi connectivity index (χ0n) is 13.6. The minimum Gasteiger partial charge on any atom is -0.324 e. The molecule has 8 heteroatoms. The van der Waals surface area contributed by atoms with E-state index in [0.29, 0.717) is 19.6 Å². The molecule has 2 aliphatic rings. The molecule has 1 aromatic rings. The third-order valence-electron chi connectivity index (χ3n) is 4.40. The summed E-state index contributed by atoms with van der Waals surface area (Å²) in [5, 5.41) is 6.95. The normalized spacial score (nSPS) is 20.6. The number of hydrogen-bond donors (Lipinski definition) is 1. The van der Waals surface area contributed by atoms with Gasteiger partial charge in [0.25, 0.3) is 11.5 Å². The van der Waals surface area contributed by atoms with Gasteiger partial charge >= 0.3 is 6.03 Å². The fourth-order valence-electron chi connectivity index (χ4n) is 3.01. The Labute approximate surface area is 134 Å².